The number of carbonyl (C=O) groups excluding carboxylic acids is 1. The Bertz CT molecular complexity index is 1470. The molecule has 0 bridgehead atoms. The lowest BCUT2D eigenvalue weighted by Crippen LogP contribution is -2.40. The summed E-state index contributed by atoms with van der Waals surface area (Å²) in [5, 5.41) is 0.608. The van der Waals surface area contributed by atoms with Crippen molar-refractivity contribution in [2.75, 3.05) is 5.75 Å². The van der Waals surface area contributed by atoms with E-state index in [1.807, 2.05) is 71.3 Å². The van der Waals surface area contributed by atoms with Crippen LogP contribution in [-0.2, 0) is 18.4 Å². The highest BCUT2D eigenvalue weighted by Crippen LogP contribution is 2.50. The minimum absolute atomic E-state index is 0.0338. The van der Waals surface area contributed by atoms with Gasteiger partial charge >= 0.3 is 0 Å². The molecule has 1 saturated carbocycles. The zero-order valence-electron chi connectivity index (χ0n) is 20.2. The third kappa shape index (κ3) is 4.11. The third-order valence-corrected chi connectivity index (χ3v) is 8.61. The highest BCUT2D eigenvalue weighted by atomic mass is 32.2. The first kappa shape index (κ1) is 23.0. The third-order valence-electron chi connectivity index (χ3n) is 7.64. The van der Waals surface area contributed by atoms with Crippen molar-refractivity contribution in [2.24, 2.45) is 0 Å². The fraction of sp³-hybridized carbons (Fsp3) is 0.258. The predicted molar refractivity (Wildman–Crippen MR) is 145 cm³/mol. The van der Waals surface area contributed by atoms with Gasteiger partial charge in [-0.3, -0.25) is 14.2 Å². The number of nitrogens with zero attached hydrogens (tertiary/aromatic N) is 2. The van der Waals surface area contributed by atoms with Crippen LogP contribution in [0.15, 0.2) is 94.9 Å². The minimum Gasteiger partial charge on any atom is -0.293 e. The van der Waals surface area contributed by atoms with E-state index in [4.69, 9.17) is 4.98 Å². The van der Waals surface area contributed by atoms with E-state index < -0.39 is 0 Å². The van der Waals surface area contributed by atoms with Gasteiger partial charge in [0, 0.05) is 16.5 Å². The first-order valence-electron chi connectivity index (χ1n) is 12.6. The lowest BCUT2D eigenvalue weighted by molar-refractivity contribution is 0.102. The van der Waals surface area contributed by atoms with Crippen molar-refractivity contribution in [1.82, 2.24) is 9.55 Å². The van der Waals surface area contributed by atoms with Crippen molar-refractivity contribution >= 4 is 17.5 Å². The second kappa shape index (κ2) is 9.55. The maximum Gasteiger partial charge on any atom is 0.258 e. The van der Waals surface area contributed by atoms with E-state index in [2.05, 4.69) is 18.2 Å². The Hall–Kier alpha value is -3.44. The van der Waals surface area contributed by atoms with Gasteiger partial charge in [0.1, 0.15) is 0 Å². The summed E-state index contributed by atoms with van der Waals surface area (Å²) in [5.74, 6) is 0.267. The molecule has 2 aliphatic rings. The van der Waals surface area contributed by atoms with Crippen LogP contribution in [-0.4, -0.2) is 21.1 Å². The SMILES string of the molecule is O=C(CSc1nc2c(c(=O)n1Cc1ccccc1)C1(CCCC1)Cc1ccccc1-2)c1ccccc1. The number of benzene rings is 3. The molecule has 0 unspecified atom stereocenters. The fourth-order valence-corrected chi connectivity index (χ4v) is 6.78. The van der Waals surface area contributed by atoms with E-state index in [9.17, 15) is 9.59 Å². The second-order valence-electron chi connectivity index (χ2n) is 9.89. The molecule has 0 radical (unpaired) electrons. The van der Waals surface area contributed by atoms with Gasteiger partial charge in [0.05, 0.1) is 23.6 Å². The van der Waals surface area contributed by atoms with Gasteiger partial charge in [-0.05, 0) is 30.4 Å². The maximum atomic E-state index is 14.3. The van der Waals surface area contributed by atoms with Gasteiger partial charge in [-0.1, -0.05) is 110 Å². The molecule has 2 aliphatic carbocycles. The van der Waals surface area contributed by atoms with Crippen LogP contribution in [0.3, 0.4) is 0 Å². The molecule has 6 rings (SSSR count). The quantitative estimate of drug-likeness (QED) is 0.180. The van der Waals surface area contributed by atoms with Crippen LogP contribution >= 0.6 is 11.8 Å². The molecule has 1 fully saturated rings. The molecule has 0 amide bonds. The second-order valence-corrected chi connectivity index (χ2v) is 10.8. The first-order valence-corrected chi connectivity index (χ1v) is 13.6. The van der Waals surface area contributed by atoms with E-state index in [0.717, 1.165) is 54.5 Å². The Kier molecular flexibility index (Phi) is 6.10. The van der Waals surface area contributed by atoms with E-state index in [-0.39, 0.29) is 22.5 Å². The highest BCUT2D eigenvalue weighted by molar-refractivity contribution is 7.99. The topological polar surface area (TPSA) is 52.0 Å². The van der Waals surface area contributed by atoms with Crippen LogP contribution in [0.5, 0.6) is 0 Å². The number of ketones is 1. The number of thioether (sulfide) groups is 1. The van der Waals surface area contributed by atoms with Gasteiger partial charge in [0.25, 0.3) is 5.56 Å². The Labute approximate surface area is 215 Å². The molecule has 0 aliphatic heterocycles. The first-order chi connectivity index (χ1) is 17.6. The van der Waals surface area contributed by atoms with Crippen LogP contribution < -0.4 is 5.56 Å². The van der Waals surface area contributed by atoms with E-state index in [1.165, 1.54) is 17.3 Å². The van der Waals surface area contributed by atoms with Crippen molar-refractivity contribution in [2.45, 2.75) is 49.2 Å². The average Bonchev–Trinajstić information content (AvgIpc) is 3.38. The molecule has 4 aromatic rings. The van der Waals surface area contributed by atoms with Crippen LogP contribution in [0.25, 0.3) is 11.3 Å². The van der Waals surface area contributed by atoms with Crippen LogP contribution in [0.2, 0.25) is 0 Å². The smallest absolute Gasteiger partial charge is 0.258 e. The summed E-state index contributed by atoms with van der Waals surface area (Å²) >= 11 is 1.36. The molecule has 1 spiro atoms. The fourth-order valence-electron chi connectivity index (χ4n) is 5.90. The van der Waals surface area contributed by atoms with Gasteiger partial charge < -0.3 is 0 Å². The van der Waals surface area contributed by atoms with E-state index in [1.54, 1.807) is 0 Å². The largest absolute Gasteiger partial charge is 0.293 e. The molecule has 0 N–H and O–H groups in total. The molecule has 0 atom stereocenters. The number of hydrogen-bond donors (Lipinski definition) is 0. The Balaban J connectivity index is 1.49. The Morgan fingerprint density at radius 1 is 0.889 bits per heavy atom. The van der Waals surface area contributed by atoms with Gasteiger partial charge in [-0.2, -0.15) is 0 Å². The summed E-state index contributed by atoms with van der Waals surface area (Å²) in [4.78, 5) is 32.4. The number of carbonyl (C=O) groups is 1. The van der Waals surface area contributed by atoms with Crippen molar-refractivity contribution in [1.29, 1.82) is 0 Å². The van der Waals surface area contributed by atoms with Crippen LogP contribution in [0, 0.1) is 0 Å². The van der Waals surface area contributed by atoms with E-state index in [0.29, 0.717) is 17.3 Å². The highest BCUT2D eigenvalue weighted by Gasteiger charge is 2.44. The van der Waals surface area contributed by atoms with Crippen LogP contribution in [0.1, 0.15) is 52.7 Å². The zero-order chi connectivity index (χ0) is 24.5. The lowest BCUT2D eigenvalue weighted by atomic mass is 9.68. The molecule has 180 valence electrons. The summed E-state index contributed by atoms with van der Waals surface area (Å²) in [6, 6.07) is 27.7. The molecule has 1 aromatic heterocycles. The van der Waals surface area contributed by atoms with Crippen molar-refractivity contribution in [3.8, 4) is 11.3 Å². The zero-order valence-corrected chi connectivity index (χ0v) is 21.0. The molecular weight excluding hydrogens is 464 g/mol. The molecule has 0 saturated heterocycles. The van der Waals surface area contributed by atoms with Crippen LogP contribution in [0.4, 0.5) is 0 Å². The summed E-state index contributed by atoms with van der Waals surface area (Å²) < 4.78 is 1.81. The molecule has 3 aromatic carbocycles. The molecular formula is C31H28N2O2S. The maximum absolute atomic E-state index is 14.3. The normalized spacial score (nSPS) is 15.4. The molecule has 4 nitrogen and oxygen atoms in total. The van der Waals surface area contributed by atoms with Crippen molar-refractivity contribution in [3.63, 3.8) is 0 Å². The number of rotatable bonds is 6. The Morgan fingerprint density at radius 3 is 2.31 bits per heavy atom. The van der Waals surface area contributed by atoms with Gasteiger partial charge in [0.2, 0.25) is 0 Å². The van der Waals surface area contributed by atoms with Crippen molar-refractivity contribution in [3.05, 3.63) is 118 Å². The lowest BCUT2D eigenvalue weighted by Gasteiger charge is -2.36. The Morgan fingerprint density at radius 2 is 1.56 bits per heavy atom. The molecule has 1 heterocycles. The molecule has 5 heteroatoms. The molecule has 36 heavy (non-hydrogen) atoms. The van der Waals surface area contributed by atoms with Gasteiger partial charge in [-0.15, -0.1) is 0 Å². The number of fused-ring (bicyclic) bond motifs is 4. The summed E-state index contributed by atoms with van der Waals surface area (Å²) in [6.07, 6.45) is 5.23. The van der Waals surface area contributed by atoms with Gasteiger partial charge in [0.15, 0.2) is 10.9 Å². The summed E-state index contributed by atoms with van der Waals surface area (Å²) in [5.41, 5.74) is 5.67. The number of aromatic nitrogens is 2. The summed E-state index contributed by atoms with van der Waals surface area (Å²) in [6.45, 7) is 0.444. The number of Topliss-reactive ketones (excluding diaryl/α,β-unsaturated/α-hetero) is 1. The number of hydrogen-bond acceptors (Lipinski definition) is 4. The average molecular weight is 493 g/mol. The van der Waals surface area contributed by atoms with Crippen molar-refractivity contribution < 1.29 is 4.79 Å². The van der Waals surface area contributed by atoms with Gasteiger partial charge in [-0.25, -0.2) is 4.98 Å². The summed E-state index contributed by atoms with van der Waals surface area (Å²) in [7, 11) is 0. The monoisotopic (exact) mass is 492 g/mol. The van der Waals surface area contributed by atoms with E-state index >= 15 is 0 Å². The predicted octanol–water partition coefficient (Wildman–Crippen LogP) is 6.30. The standard InChI is InChI=1S/C31H28N2O2S/c34-26(23-13-5-2-6-14-23)21-36-30-32-28-25-16-8-7-15-24(25)19-31(17-9-10-18-31)27(28)29(35)33(30)20-22-11-3-1-4-12-22/h1-8,11-16H,9-10,17-21H2. The minimum atomic E-state index is -0.144.